The number of nitro groups is 1. The van der Waals surface area contributed by atoms with E-state index in [1.54, 1.807) is 0 Å². The fourth-order valence-electron chi connectivity index (χ4n) is 2.24. The molecule has 1 aromatic heterocycles. The molecule has 1 aromatic rings. The number of carbonyl (C=O) groups is 2. The van der Waals surface area contributed by atoms with E-state index in [1.807, 2.05) is 0 Å². The molecule has 1 amide bonds. The Hall–Kier alpha value is -2.75. The number of nitrogens with zero attached hydrogens (tertiary/aromatic N) is 3. The van der Waals surface area contributed by atoms with Crippen molar-refractivity contribution in [2.45, 2.75) is 18.6 Å². The highest BCUT2D eigenvalue weighted by Crippen LogP contribution is 2.29. The van der Waals surface area contributed by atoms with E-state index in [0.717, 1.165) is 12.3 Å². The van der Waals surface area contributed by atoms with Gasteiger partial charge in [0.25, 0.3) is 11.6 Å². The van der Waals surface area contributed by atoms with Gasteiger partial charge in [0.2, 0.25) is 0 Å². The van der Waals surface area contributed by atoms with Crippen LogP contribution in [0.5, 0.6) is 0 Å². The Morgan fingerprint density at radius 3 is 2.71 bits per heavy atom. The summed E-state index contributed by atoms with van der Waals surface area (Å²) < 4.78 is 0. The molecule has 0 aliphatic carbocycles. The van der Waals surface area contributed by atoms with Crippen LogP contribution in [0.25, 0.3) is 0 Å². The summed E-state index contributed by atoms with van der Waals surface area (Å²) in [5, 5.41) is 29.4. The first-order valence-electron chi connectivity index (χ1n) is 5.93. The molecule has 112 valence electrons. The second-order valence-electron chi connectivity index (χ2n) is 4.58. The van der Waals surface area contributed by atoms with E-state index in [4.69, 9.17) is 10.8 Å². The predicted molar refractivity (Wildman–Crippen MR) is 68.8 cm³/mol. The molecule has 0 aromatic carbocycles. The highest BCUT2D eigenvalue weighted by molar-refractivity contribution is 5.99. The number of amides is 1. The maximum atomic E-state index is 11.4. The van der Waals surface area contributed by atoms with Gasteiger partial charge in [-0.3, -0.25) is 14.9 Å². The van der Waals surface area contributed by atoms with Gasteiger partial charge in [0.05, 0.1) is 16.6 Å². The average Bonchev–Trinajstić information content (AvgIpc) is 2.80. The van der Waals surface area contributed by atoms with Gasteiger partial charge in [-0.2, -0.15) is 0 Å². The Morgan fingerprint density at radius 2 is 2.19 bits per heavy atom. The van der Waals surface area contributed by atoms with Crippen LogP contribution >= 0.6 is 0 Å². The van der Waals surface area contributed by atoms with Crippen molar-refractivity contribution in [3.05, 3.63) is 27.9 Å². The van der Waals surface area contributed by atoms with E-state index >= 15 is 0 Å². The lowest BCUT2D eigenvalue weighted by atomic mass is 10.2. The molecule has 2 rings (SSSR count). The van der Waals surface area contributed by atoms with Gasteiger partial charge in [0.15, 0.2) is 0 Å². The van der Waals surface area contributed by atoms with Crippen LogP contribution in [0, 0.1) is 10.1 Å². The molecule has 1 saturated heterocycles. The van der Waals surface area contributed by atoms with Crippen LogP contribution in [-0.2, 0) is 4.79 Å². The zero-order valence-corrected chi connectivity index (χ0v) is 10.7. The third-order valence-corrected chi connectivity index (χ3v) is 3.16. The van der Waals surface area contributed by atoms with Crippen LogP contribution in [0.1, 0.15) is 16.8 Å². The van der Waals surface area contributed by atoms with Crippen LogP contribution in [0.3, 0.4) is 0 Å². The van der Waals surface area contributed by atoms with Crippen LogP contribution in [0.2, 0.25) is 0 Å². The van der Waals surface area contributed by atoms with Crippen molar-refractivity contribution in [3.63, 3.8) is 0 Å². The van der Waals surface area contributed by atoms with Crippen molar-refractivity contribution in [2.24, 2.45) is 5.73 Å². The molecule has 0 saturated carbocycles. The SMILES string of the molecule is NC(=O)c1cc([N+](=O)[O-])cnc1N1CC(O)CC1C(=O)O. The molecule has 0 radical (unpaired) electrons. The molecule has 1 aliphatic rings. The molecule has 0 spiro atoms. The molecular weight excluding hydrogens is 284 g/mol. The Morgan fingerprint density at radius 1 is 1.52 bits per heavy atom. The van der Waals surface area contributed by atoms with Crippen LogP contribution in [-0.4, -0.2) is 50.7 Å². The number of pyridine rings is 1. The Labute approximate surface area is 117 Å². The number of carboxylic acids is 1. The first kappa shape index (κ1) is 14.7. The lowest BCUT2D eigenvalue weighted by Gasteiger charge is -2.23. The number of primary amides is 1. The van der Waals surface area contributed by atoms with Gasteiger partial charge in [-0.1, -0.05) is 0 Å². The minimum Gasteiger partial charge on any atom is -0.480 e. The zero-order chi connectivity index (χ0) is 15.7. The van der Waals surface area contributed by atoms with E-state index in [9.17, 15) is 24.8 Å². The van der Waals surface area contributed by atoms with E-state index in [-0.39, 0.29) is 24.3 Å². The third kappa shape index (κ3) is 2.74. The summed E-state index contributed by atoms with van der Waals surface area (Å²) >= 11 is 0. The standard InChI is InChI=1S/C11H12N4O6/c12-9(17)7-1-5(15(20)21)3-13-10(7)14-4-6(16)2-8(14)11(18)19/h1,3,6,8,16H,2,4H2,(H2,12,17)(H,18,19). The minimum absolute atomic E-state index is 0.0355. The van der Waals surface area contributed by atoms with Gasteiger partial charge in [-0.25, -0.2) is 9.78 Å². The van der Waals surface area contributed by atoms with E-state index < -0.39 is 34.6 Å². The van der Waals surface area contributed by atoms with E-state index in [1.165, 1.54) is 4.90 Å². The number of carboxylic acid groups (broad SMARTS) is 1. The molecule has 1 aliphatic heterocycles. The minimum atomic E-state index is -1.19. The molecule has 2 heterocycles. The predicted octanol–water partition coefficient (Wildman–Crippen LogP) is -0.887. The van der Waals surface area contributed by atoms with Gasteiger partial charge >= 0.3 is 5.97 Å². The molecule has 1 fully saturated rings. The van der Waals surface area contributed by atoms with Crippen LogP contribution < -0.4 is 10.6 Å². The van der Waals surface area contributed by atoms with Gasteiger partial charge in [0.1, 0.15) is 18.1 Å². The number of carbonyl (C=O) groups excluding carboxylic acids is 1. The number of aliphatic carboxylic acids is 1. The first-order chi connectivity index (χ1) is 9.81. The second-order valence-corrected chi connectivity index (χ2v) is 4.58. The topological polar surface area (TPSA) is 160 Å². The fraction of sp³-hybridized carbons (Fsp3) is 0.364. The van der Waals surface area contributed by atoms with Crippen molar-refractivity contribution in [1.29, 1.82) is 0 Å². The summed E-state index contributed by atoms with van der Waals surface area (Å²) in [5.41, 5.74) is 4.48. The summed E-state index contributed by atoms with van der Waals surface area (Å²) in [4.78, 5) is 37.6. The molecule has 2 atom stereocenters. The number of anilines is 1. The fourth-order valence-corrected chi connectivity index (χ4v) is 2.24. The second kappa shape index (κ2) is 5.32. The van der Waals surface area contributed by atoms with Crippen molar-refractivity contribution >= 4 is 23.4 Å². The molecule has 10 nitrogen and oxygen atoms in total. The largest absolute Gasteiger partial charge is 0.480 e. The van der Waals surface area contributed by atoms with Crippen molar-refractivity contribution in [2.75, 3.05) is 11.4 Å². The number of rotatable bonds is 4. The van der Waals surface area contributed by atoms with Crippen molar-refractivity contribution in [3.8, 4) is 0 Å². The smallest absolute Gasteiger partial charge is 0.326 e. The maximum Gasteiger partial charge on any atom is 0.326 e. The van der Waals surface area contributed by atoms with E-state index in [0.29, 0.717) is 0 Å². The monoisotopic (exact) mass is 296 g/mol. The summed E-state index contributed by atoms with van der Waals surface area (Å²) in [6, 6.07) is -0.138. The molecule has 0 bridgehead atoms. The number of nitrogens with two attached hydrogens (primary N) is 1. The van der Waals surface area contributed by atoms with Crippen LogP contribution in [0.15, 0.2) is 12.3 Å². The Balaban J connectivity index is 2.50. The average molecular weight is 296 g/mol. The lowest BCUT2D eigenvalue weighted by Crippen LogP contribution is -2.38. The Kier molecular flexibility index (Phi) is 3.72. The summed E-state index contributed by atoms with van der Waals surface area (Å²) in [6.45, 7) is -0.0535. The Bertz CT molecular complexity index is 619. The van der Waals surface area contributed by atoms with Crippen LogP contribution in [0.4, 0.5) is 11.5 Å². The summed E-state index contributed by atoms with van der Waals surface area (Å²) in [6.07, 6.45) is -0.0266. The third-order valence-electron chi connectivity index (χ3n) is 3.16. The van der Waals surface area contributed by atoms with Gasteiger partial charge in [0, 0.05) is 19.0 Å². The number of hydrogen-bond donors (Lipinski definition) is 3. The normalized spacial score (nSPS) is 21.3. The van der Waals surface area contributed by atoms with Crippen molar-refractivity contribution in [1.82, 2.24) is 4.98 Å². The number of β-amino-alcohol motifs (C(OH)–C–C–N with tert-alkyl or cyclic N) is 1. The van der Waals surface area contributed by atoms with Gasteiger partial charge < -0.3 is 20.8 Å². The van der Waals surface area contributed by atoms with Gasteiger partial charge in [-0.05, 0) is 0 Å². The van der Waals surface area contributed by atoms with Gasteiger partial charge in [-0.15, -0.1) is 0 Å². The highest BCUT2D eigenvalue weighted by atomic mass is 16.6. The lowest BCUT2D eigenvalue weighted by molar-refractivity contribution is -0.385. The maximum absolute atomic E-state index is 11.4. The first-order valence-corrected chi connectivity index (χ1v) is 5.93. The summed E-state index contributed by atoms with van der Waals surface area (Å²) in [7, 11) is 0. The summed E-state index contributed by atoms with van der Waals surface area (Å²) in [5.74, 6) is -2.24. The van der Waals surface area contributed by atoms with Crippen molar-refractivity contribution < 1.29 is 24.7 Å². The molecule has 2 unspecified atom stereocenters. The highest BCUT2D eigenvalue weighted by Gasteiger charge is 2.38. The molecule has 10 heteroatoms. The number of hydrogen-bond acceptors (Lipinski definition) is 7. The quantitative estimate of drug-likeness (QED) is 0.476. The van der Waals surface area contributed by atoms with E-state index in [2.05, 4.69) is 4.98 Å². The number of aliphatic hydroxyl groups is 1. The zero-order valence-electron chi connectivity index (χ0n) is 10.7. The molecular formula is C11H12N4O6. The molecule has 21 heavy (non-hydrogen) atoms. The number of aliphatic hydroxyl groups excluding tert-OH is 1. The number of aromatic nitrogens is 1. The molecule has 4 N–H and O–H groups in total.